The van der Waals surface area contributed by atoms with Crippen molar-refractivity contribution in [3.05, 3.63) is 76.3 Å². The average molecular weight is 455 g/mol. The Balaban J connectivity index is 1.97. The standard InChI is InChI=1S/C23H19ClN2O6/c1-3-4-15-9-14(6-8-19(15)32-12-20(27)28)10-17-21(29)25-23(31)26(22(17)30)16-7-5-13(2)18(24)11-16/h3,5-11H,1,4,12H2,2H3,(H,27,28)(H,25,29,31)/b17-10-. The van der Waals surface area contributed by atoms with E-state index in [1.807, 2.05) is 0 Å². The number of carboxylic acids is 1. The molecule has 3 rings (SSSR count). The van der Waals surface area contributed by atoms with Crippen molar-refractivity contribution >= 4 is 47.2 Å². The molecule has 2 aromatic carbocycles. The molecule has 4 amide bonds. The minimum absolute atomic E-state index is 0.228. The molecule has 1 aliphatic heterocycles. The van der Waals surface area contributed by atoms with E-state index in [-0.39, 0.29) is 11.3 Å². The van der Waals surface area contributed by atoms with E-state index in [1.165, 1.54) is 12.1 Å². The first-order valence-corrected chi connectivity index (χ1v) is 9.85. The first-order chi connectivity index (χ1) is 15.2. The summed E-state index contributed by atoms with van der Waals surface area (Å²) in [7, 11) is 0. The molecule has 2 N–H and O–H groups in total. The number of barbiturate groups is 1. The maximum absolute atomic E-state index is 13.0. The zero-order valence-electron chi connectivity index (χ0n) is 17.1. The van der Waals surface area contributed by atoms with E-state index < -0.39 is 30.4 Å². The summed E-state index contributed by atoms with van der Waals surface area (Å²) >= 11 is 6.12. The number of nitrogens with one attached hydrogen (secondary N) is 1. The molecule has 32 heavy (non-hydrogen) atoms. The van der Waals surface area contributed by atoms with E-state index in [9.17, 15) is 19.2 Å². The second-order valence-corrected chi connectivity index (χ2v) is 7.34. The molecule has 164 valence electrons. The van der Waals surface area contributed by atoms with Gasteiger partial charge >= 0.3 is 12.0 Å². The Morgan fingerprint density at radius 3 is 2.62 bits per heavy atom. The van der Waals surface area contributed by atoms with Gasteiger partial charge in [0, 0.05) is 5.02 Å². The fraction of sp³-hybridized carbons (Fsp3) is 0.130. The summed E-state index contributed by atoms with van der Waals surface area (Å²) in [6.45, 7) is 4.94. The van der Waals surface area contributed by atoms with Crippen LogP contribution in [0.3, 0.4) is 0 Å². The van der Waals surface area contributed by atoms with Crippen LogP contribution in [-0.2, 0) is 20.8 Å². The summed E-state index contributed by atoms with van der Waals surface area (Å²) in [5, 5.41) is 11.3. The Hall–Kier alpha value is -3.91. The van der Waals surface area contributed by atoms with Gasteiger partial charge in [-0.1, -0.05) is 29.8 Å². The van der Waals surface area contributed by atoms with Gasteiger partial charge in [0.25, 0.3) is 11.8 Å². The minimum atomic E-state index is -1.12. The number of rotatable bonds is 7. The minimum Gasteiger partial charge on any atom is -0.482 e. The third kappa shape index (κ3) is 4.87. The van der Waals surface area contributed by atoms with Crippen LogP contribution in [0.25, 0.3) is 6.08 Å². The number of ether oxygens (including phenoxy) is 1. The van der Waals surface area contributed by atoms with Crippen molar-refractivity contribution in [1.82, 2.24) is 5.32 Å². The number of aryl methyl sites for hydroxylation is 1. The van der Waals surface area contributed by atoms with Crippen LogP contribution in [0.2, 0.25) is 5.02 Å². The summed E-state index contributed by atoms with van der Waals surface area (Å²) in [4.78, 5) is 49.4. The molecule has 0 aliphatic carbocycles. The Kier molecular flexibility index (Phi) is 6.75. The van der Waals surface area contributed by atoms with Gasteiger partial charge in [-0.05, 0) is 60.4 Å². The molecule has 9 heteroatoms. The lowest BCUT2D eigenvalue weighted by atomic mass is 10.0. The summed E-state index contributed by atoms with van der Waals surface area (Å²) < 4.78 is 5.27. The lowest BCUT2D eigenvalue weighted by Crippen LogP contribution is -2.54. The Morgan fingerprint density at radius 2 is 1.97 bits per heavy atom. The maximum atomic E-state index is 13.0. The van der Waals surface area contributed by atoms with Crippen LogP contribution in [0.1, 0.15) is 16.7 Å². The SMILES string of the molecule is C=CCc1cc(/C=C2/C(=O)NC(=O)N(c3ccc(C)c(Cl)c3)C2=O)ccc1OCC(=O)O. The number of carbonyl (C=O) groups is 4. The predicted molar refractivity (Wildman–Crippen MR) is 119 cm³/mol. The van der Waals surface area contributed by atoms with Crippen molar-refractivity contribution in [1.29, 1.82) is 0 Å². The van der Waals surface area contributed by atoms with Crippen LogP contribution in [0, 0.1) is 6.92 Å². The van der Waals surface area contributed by atoms with E-state index in [4.69, 9.17) is 21.4 Å². The number of aliphatic carboxylic acids is 1. The third-order valence-electron chi connectivity index (χ3n) is 4.63. The molecule has 0 atom stereocenters. The molecule has 1 fully saturated rings. The number of benzene rings is 2. The van der Waals surface area contributed by atoms with Crippen molar-refractivity contribution in [3.63, 3.8) is 0 Å². The third-order valence-corrected chi connectivity index (χ3v) is 5.03. The molecular formula is C23H19ClN2O6. The number of allylic oxidation sites excluding steroid dienone is 1. The number of hydrogen-bond acceptors (Lipinski definition) is 5. The van der Waals surface area contributed by atoms with Crippen LogP contribution in [0.15, 0.2) is 54.6 Å². The van der Waals surface area contributed by atoms with Gasteiger partial charge in [0.15, 0.2) is 6.61 Å². The molecule has 0 spiro atoms. The predicted octanol–water partition coefficient (Wildman–Crippen LogP) is 3.51. The van der Waals surface area contributed by atoms with Gasteiger partial charge in [-0.3, -0.25) is 14.9 Å². The van der Waals surface area contributed by atoms with Crippen molar-refractivity contribution in [2.75, 3.05) is 11.5 Å². The zero-order valence-corrected chi connectivity index (χ0v) is 17.8. The molecule has 1 saturated heterocycles. The molecule has 0 saturated carbocycles. The number of carboxylic acid groups (broad SMARTS) is 1. The summed E-state index contributed by atoms with van der Waals surface area (Å²) in [6.07, 6.45) is 3.33. The van der Waals surface area contributed by atoms with Gasteiger partial charge in [-0.25, -0.2) is 14.5 Å². The van der Waals surface area contributed by atoms with E-state index in [0.717, 1.165) is 10.5 Å². The van der Waals surface area contributed by atoms with E-state index >= 15 is 0 Å². The molecule has 1 aliphatic rings. The van der Waals surface area contributed by atoms with Gasteiger partial charge in [-0.2, -0.15) is 0 Å². The highest BCUT2D eigenvalue weighted by Gasteiger charge is 2.37. The summed E-state index contributed by atoms with van der Waals surface area (Å²) in [6, 6.07) is 8.58. The molecule has 0 bridgehead atoms. The quantitative estimate of drug-likeness (QED) is 0.376. The maximum Gasteiger partial charge on any atom is 0.341 e. The number of hydrogen-bond donors (Lipinski definition) is 2. The smallest absolute Gasteiger partial charge is 0.341 e. The van der Waals surface area contributed by atoms with Crippen molar-refractivity contribution in [2.45, 2.75) is 13.3 Å². The van der Waals surface area contributed by atoms with Crippen molar-refractivity contribution in [3.8, 4) is 5.75 Å². The Bertz CT molecular complexity index is 1170. The number of halogens is 1. The highest BCUT2D eigenvalue weighted by molar-refractivity contribution is 6.39. The molecule has 8 nitrogen and oxygen atoms in total. The molecule has 0 aromatic heterocycles. The normalized spacial score (nSPS) is 15.0. The van der Waals surface area contributed by atoms with Crippen LogP contribution >= 0.6 is 11.6 Å². The zero-order chi connectivity index (χ0) is 23.4. The van der Waals surface area contributed by atoms with Crippen molar-refractivity contribution in [2.24, 2.45) is 0 Å². The number of anilines is 1. The summed E-state index contributed by atoms with van der Waals surface area (Å²) in [5.41, 5.74) is 1.86. The topological polar surface area (TPSA) is 113 Å². The molecule has 0 unspecified atom stereocenters. The first-order valence-electron chi connectivity index (χ1n) is 9.47. The monoisotopic (exact) mass is 454 g/mol. The van der Waals surface area contributed by atoms with Crippen LogP contribution < -0.4 is 15.0 Å². The number of imide groups is 2. The highest BCUT2D eigenvalue weighted by atomic mass is 35.5. The molecule has 0 radical (unpaired) electrons. The van der Waals surface area contributed by atoms with Gasteiger partial charge in [0.05, 0.1) is 5.69 Å². The Morgan fingerprint density at radius 1 is 1.22 bits per heavy atom. The number of carbonyl (C=O) groups excluding carboxylic acids is 3. The first kappa shape index (κ1) is 22.8. The highest BCUT2D eigenvalue weighted by Crippen LogP contribution is 2.28. The fourth-order valence-corrected chi connectivity index (χ4v) is 3.24. The van der Waals surface area contributed by atoms with Gasteiger partial charge in [0.1, 0.15) is 11.3 Å². The van der Waals surface area contributed by atoms with E-state index in [1.54, 1.807) is 43.3 Å². The van der Waals surface area contributed by atoms with Crippen LogP contribution in [0.5, 0.6) is 5.75 Å². The molecular weight excluding hydrogens is 436 g/mol. The van der Waals surface area contributed by atoms with E-state index in [2.05, 4.69) is 11.9 Å². The largest absolute Gasteiger partial charge is 0.482 e. The molecule has 2 aromatic rings. The fourth-order valence-electron chi connectivity index (χ4n) is 3.06. The lowest BCUT2D eigenvalue weighted by Gasteiger charge is -2.26. The Labute approximate surface area is 188 Å². The second-order valence-electron chi connectivity index (χ2n) is 6.93. The van der Waals surface area contributed by atoms with Gasteiger partial charge < -0.3 is 9.84 Å². The average Bonchev–Trinajstić information content (AvgIpc) is 2.73. The summed E-state index contributed by atoms with van der Waals surface area (Å²) in [5.74, 6) is -2.40. The molecule has 1 heterocycles. The lowest BCUT2D eigenvalue weighted by molar-refractivity contribution is -0.139. The van der Waals surface area contributed by atoms with Crippen LogP contribution in [-0.4, -0.2) is 35.5 Å². The van der Waals surface area contributed by atoms with Gasteiger partial charge in [0.2, 0.25) is 0 Å². The number of amides is 4. The second kappa shape index (κ2) is 9.49. The van der Waals surface area contributed by atoms with E-state index in [0.29, 0.717) is 28.3 Å². The van der Waals surface area contributed by atoms with Gasteiger partial charge in [-0.15, -0.1) is 6.58 Å². The van der Waals surface area contributed by atoms with Crippen molar-refractivity contribution < 1.29 is 29.0 Å². The van der Waals surface area contributed by atoms with Crippen LogP contribution in [0.4, 0.5) is 10.5 Å². The number of nitrogens with zero attached hydrogens (tertiary/aromatic N) is 1. The number of urea groups is 1.